The largest absolute Gasteiger partial charge is 0.481 e. The van der Waals surface area contributed by atoms with Crippen LogP contribution >= 0.6 is 0 Å². The third kappa shape index (κ3) is 1.96. The lowest BCUT2D eigenvalue weighted by Gasteiger charge is -2.18. The van der Waals surface area contributed by atoms with Gasteiger partial charge in [0.25, 0.3) is 0 Å². The Labute approximate surface area is 95.3 Å². The molecule has 0 saturated heterocycles. The molecule has 0 unspecified atom stereocenters. The van der Waals surface area contributed by atoms with Gasteiger partial charge >= 0.3 is 5.97 Å². The SMILES string of the molecule is CC(C)(C)n1cc(CC2(C(=O)O)CC2)cn1. The first-order valence-corrected chi connectivity index (χ1v) is 5.61. The molecule has 1 aromatic rings. The van der Waals surface area contributed by atoms with Crippen LogP contribution in [0.5, 0.6) is 0 Å². The predicted octanol–water partition coefficient (Wildman–Crippen LogP) is 2.05. The van der Waals surface area contributed by atoms with Gasteiger partial charge in [0.15, 0.2) is 0 Å². The average Bonchev–Trinajstić information content (AvgIpc) is 2.74. The maximum atomic E-state index is 11.1. The number of rotatable bonds is 3. The zero-order valence-corrected chi connectivity index (χ0v) is 10.0. The number of hydrogen-bond donors (Lipinski definition) is 1. The lowest BCUT2D eigenvalue weighted by atomic mass is 9.99. The second-order valence-electron chi connectivity index (χ2n) is 5.73. The minimum absolute atomic E-state index is 0.0435. The fraction of sp³-hybridized carbons (Fsp3) is 0.667. The Morgan fingerprint density at radius 3 is 2.56 bits per heavy atom. The van der Waals surface area contributed by atoms with Gasteiger partial charge in [-0.15, -0.1) is 0 Å². The van der Waals surface area contributed by atoms with Crippen molar-refractivity contribution in [1.82, 2.24) is 9.78 Å². The third-order valence-corrected chi connectivity index (χ3v) is 3.17. The van der Waals surface area contributed by atoms with Crippen molar-refractivity contribution in [3.05, 3.63) is 18.0 Å². The molecule has 88 valence electrons. The summed E-state index contributed by atoms with van der Waals surface area (Å²) in [6.45, 7) is 6.23. The maximum Gasteiger partial charge on any atom is 0.309 e. The second kappa shape index (κ2) is 3.34. The molecule has 0 aliphatic heterocycles. The second-order valence-corrected chi connectivity index (χ2v) is 5.73. The zero-order chi connectivity index (χ0) is 12.0. The summed E-state index contributed by atoms with van der Waals surface area (Å²) in [5, 5.41) is 13.4. The van der Waals surface area contributed by atoms with Crippen LogP contribution in [0.1, 0.15) is 39.2 Å². The summed E-state index contributed by atoms with van der Waals surface area (Å²) >= 11 is 0. The molecule has 1 aliphatic rings. The van der Waals surface area contributed by atoms with Crippen molar-refractivity contribution >= 4 is 5.97 Å². The Morgan fingerprint density at radius 2 is 2.19 bits per heavy atom. The molecule has 1 aliphatic carbocycles. The fourth-order valence-corrected chi connectivity index (χ4v) is 1.83. The summed E-state index contributed by atoms with van der Waals surface area (Å²) in [7, 11) is 0. The molecule has 1 heterocycles. The first kappa shape index (κ1) is 11.2. The zero-order valence-electron chi connectivity index (χ0n) is 10.0. The summed E-state index contributed by atoms with van der Waals surface area (Å²) in [4.78, 5) is 11.1. The molecular weight excluding hydrogens is 204 g/mol. The quantitative estimate of drug-likeness (QED) is 0.851. The number of carbonyl (C=O) groups is 1. The summed E-state index contributed by atoms with van der Waals surface area (Å²) in [5.41, 5.74) is 0.485. The predicted molar refractivity (Wildman–Crippen MR) is 60.2 cm³/mol. The lowest BCUT2D eigenvalue weighted by molar-refractivity contribution is -0.143. The minimum atomic E-state index is -0.670. The summed E-state index contributed by atoms with van der Waals surface area (Å²) in [5.74, 6) is -0.670. The molecule has 0 radical (unpaired) electrons. The number of aliphatic carboxylic acids is 1. The highest BCUT2D eigenvalue weighted by Crippen LogP contribution is 2.48. The van der Waals surface area contributed by atoms with Crippen LogP contribution in [0.3, 0.4) is 0 Å². The van der Waals surface area contributed by atoms with Crippen molar-refractivity contribution in [2.45, 2.75) is 45.6 Å². The molecular formula is C12H18N2O2. The Bertz CT molecular complexity index is 411. The van der Waals surface area contributed by atoms with E-state index in [1.54, 1.807) is 6.20 Å². The number of aromatic nitrogens is 2. The molecule has 2 rings (SSSR count). The Kier molecular flexibility index (Phi) is 2.33. The molecule has 0 amide bonds. The van der Waals surface area contributed by atoms with Crippen molar-refractivity contribution in [2.75, 3.05) is 0 Å². The average molecular weight is 222 g/mol. The highest BCUT2D eigenvalue weighted by molar-refractivity contribution is 5.78. The number of carboxylic acid groups (broad SMARTS) is 1. The molecule has 1 aromatic heterocycles. The van der Waals surface area contributed by atoms with Crippen molar-refractivity contribution in [1.29, 1.82) is 0 Å². The van der Waals surface area contributed by atoms with Gasteiger partial charge < -0.3 is 5.11 Å². The number of carboxylic acids is 1. The van der Waals surface area contributed by atoms with Crippen LogP contribution in [0, 0.1) is 5.41 Å². The van der Waals surface area contributed by atoms with Gasteiger partial charge in [0, 0.05) is 6.20 Å². The van der Waals surface area contributed by atoms with Crippen molar-refractivity contribution in [2.24, 2.45) is 5.41 Å². The molecule has 4 heteroatoms. The highest BCUT2D eigenvalue weighted by Gasteiger charge is 2.50. The van der Waals surface area contributed by atoms with Gasteiger partial charge in [-0.3, -0.25) is 9.48 Å². The number of hydrogen-bond acceptors (Lipinski definition) is 2. The van der Waals surface area contributed by atoms with Gasteiger partial charge in [0.1, 0.15) is 0 Å². The van der Waals surface area contributed by atoms with E-state index < -0.39 is 11.4 Å². The maximum absolute atomic E-state index is 11.1. The molecule has 1 N–H and O–H groups in total. The van der Waals surface area contributed by atoms with Gasteiger partial charge in [0.05, 0.1) is 17.2 Å². The smallest absolute Gasteiger partial charge is 0.309 e. The summed E-state index contributed by atoms with van der Waals surface area (Å²) < 4.78 is 1.89. The van der Waals surface area contributed by atoms with E-state index in [1.165, 1.54) is 0 Å². The van der Waals surface area contributed by atoms with Gasteiger partial charge in [-0.25, -0.2) is 0 Å². The molecule has 0 atom stereocenters. The van der Waals surface area contributed by atoms with Crippen LogP contribution in [-0.2, 0) is 16.8 Å². The van der Waals surface area contributed by atoms with Gasteiger partial charge in [-0.05, 0) is 45.6 Å². The van der Waals surface area contributed by atoms with Crippen LogP contribution in [0.15, 0.2) is 12.4 Å². The third-order valence-electron chi connectivity index (χ3n) is 3.17. The molecule has 0 bridgehead atoms. The van der Waals surface area contributed by atoms with Crippen LogP contribution in [0.4, 0.5) is 0 Å². The van der Waals surface area contributed by atoms with Crippen LogP contribution in [0.2, 0.25) is 0 Å². The van der Waals surface area contributed by atoms with Crippen molar-refractivity contribution in [3.8, 4) is 0 Å². The van der Waals surface area contributed by atoms with Crippen LogP contribution < -0.4 is 0 Å². The normalized spacial score (nSPS) is 18.4. The lowest BCUT2D eigenvalue weighted by Crippen LogP contribution is -2.22. The van der Waals surface area contributed by atoms with Gasteiger partial charge in [-0.1, -0.05) is 0 Å². The van der Waals surface area contributed by atoms with E-state index in [-0.39, 0.29) is 5.54 Å². The summed E-state index contributed by atoms with van der Waals surface area (Å²) in [6, 6.07) is 0. The molecule has 4 nitrogen and oxygen atoms in total. The minimum Gasteiger partial charge on any atom is -0.481 e. The van der Waals surface area contributed by atoms with E-state index in [9.17, 15) is 4.79 Å². The van der Waals surface area contributed by atoms with Crippen molar-refractivity contribution in [3.63, 3.8) is 0 Å². The highest BCUT2D eigenvalue weighted by atomic mass is 16.4. The first-order chi connectivity index (χ1) is 7.33. The molecule has 1 fully saturated rings. The standard InChI is InChI=1S/C12H18N2O2/c1-11(2,3)14-8-9(7-13-14)6-12(4-5-12)10(15)16/h7-8H,4-6H2,1-3H3,(H,15,16). The fourth-order valence-electron chi connectivity index (χ4n) is 1.83. The molecule has 16 heavy (non-hydrogen) atoms. The van der Waals surface area contributed by atoms with Gasteiger partial charge in [0.2, 0.25) is 0 Å². The first-order valence-electron chi connectivity index (χ1n) is 5.61. The van der Waals surface area contributed by atoms with E-state index in [0.29, 0.717) is 6.42 Å². The number of nitrogens with zero attached hydrogens (tertiary/aromatic N) is 2. The van der Waals surface area contributed by atoms with Crippen LogP contribution in [-0.4, -0.2) is 20.9 Å². The Morgan fingerprint density at radius 1 is 1.56 bits per heavy atom. The van der Waals surface area contributed by atoms with E-state index in [1.807, 2.05) is 10.9 Å². The molecule has 0 aromatic carbocycles. The van der Waals surface area contributed by atoms with Crippen LogP contribution in [0.25, 0.3) is 0 Å². The molecule has 0 spiro atoms. The Hall–Kier alpha value is -1.32. The summed E-state index contributed by atoms with van der Waals surface area (Å²) in [6.07, 6.45) is 5.95. The van der Waals surface area contributed by atoms with E-state index in [2.05, 4.69) is 25.9 Å². The van der Waals surface area contributed by atoms with Crippen molar-refractivity contribution < 1.29 is 9.90 Å². The monoisotopic (exact) mass is 222 g/mol. The van der Waals surface area contributed by atoms with E-state index in [0.717, 1.165) is 18.4 Å². The topological polar surface area (TPSA) is 55.1 Å². The molecule has 1 saturated carbocycles. The van der Waals surface area contributed by atoms with E-state index >= 15 is 0 Å². The Balaban J connectivity index is 2.12. The van der Waals surface area contributed by atoms with Gasteiger partial charge in [-0.2, -0.15) is 5.10 Å². The van der Waals surface area contributed by atoms with E-state index in [4.69, 9.17) is 5.11 Å².